The zero-order valence-electron chi connectivity index (χ0n) is 14.2. The van der Waals surface area contributed by atoms with Crippen molar-refractivity contribution in [2.45, 2.75) is 13.8 Å². The highest BCUT2D eigenvalue weighted by molar-refractivity contribution is 6.41. The molecule has 2 aromatic rings. The van der Waals surface area contributed by atoms with Crippen molar-refractivity contribution in [2.75, 3.05) is 17.2 Å². The Kier molecular flexibility index (Phi) is 5.11. The van der Waals surface area contributed by atoms with E-state index in [1.54, 1.807) is 23.8 Å². The van der Waals surface area contributed by atoms with E-state index in [1.165, 1.54) is 18.3 Å². The van der Waals surface area contributed by atoms with Gasteiger partial charge in [0.15, 0.2) is 0 Å². The maximum Gasteiger partial charge on any atom is 0.323 e. The number of rotatable bonds is 6. The second kappa shape index (κ2) is 7.09. The first-order valence-corrected chi connectivity index (χ1v) is 7.54. The summed E-state index contributed by atoms with van der Waals surface area (Å²) in [5.41, 5.74) is 13.0. The lowest BCUT2D eigenvalue weighted by atomic mass is 10.1. The number of nitrogens with two attached hydrogens (primary N) is 2. The minimum atomic E-state index is -1.29. The summed E-state index contributed by atoms with van der Waals surface area (Å²) in [6, 6.07) is 4.56. The van der Waals surface area contributed by atoms with Gasteiger partial charge in [-0.25, -0.2) is 0 Å². The lowest BCUT2D eigenvalue weighted by Gasteiger charge is -2.23. The quantitative estimate of drug-likeness (QED) is 0.505. The van der Waals surface area contributed by atoms with E-state index in [4.69, 9.17) is 16.6 Å². The van der Waals surface area contributed by atoms with Crippen LogP contribution in [0, 0.1) is 6.92 Å². The number of primary amides is 1. The number of carbonyl (C=O) groups excluding carboxylic acids is 3. The van der Waals surface area contributed by atoms with Crippen LogP contribution in [0.25, 0.3) is 5.69 Å². The van der Waals surface area contributed by atoms with Crippen molar-refractivity contribution < 1.29 is 24.3 Å². The van der Waals surface area contributed by atoms with Crippen molar-refractivity contribution in [3.63, 3.8) is 0 Å². The van der Waals surface area contributed by atoms with Crippen LogP contribution in [0.1, 0.15) is 22.8 Å². The highest BCUT2D eigenvalue weighted by Crippen LogP contribution is 2.30. The first-order chi connectivity index (χ1) is 12.1. The van der Waals surface area contributed by atoms with Gasteiger partial charge in [0, 0.05) is 19.3 Å². The van der Waals surface area contributed by atoms with E-state index >= 15 is 0 Å². The molecule has 136 valence electrons. The number of aliphatic carboxylic acids is 1. The van der Waals surface area contributed by atoms with E-state index in [0.29, 0.717) is 11.3 Å². The number of aryl methyl sites for hydroxylation is 1. The third kappa shape index (κ3) is 3.72. The number of benzene rings is 1. The van der Waals surface area contributed by atoms with Crippen molar-refractivity contribution >= 4 is 34.9 Å². The predicted molar refractivity (Wildman–Crippen MR) is 94.1 cm³/mol. The van der Waals surface area contributed by atoms with Gasteiger partial charge in [0.05, 0.1) is 22.6 Å². The van der Waals surface area contributed by atoms with Gasteiger partial charge < -0.3 is 21.1 Å². The number of aromatic nitrogens is 1. The molecule has 0 atom stereocenters. The standard InChI is InChI=1S/C17H18N4O5/c1-9-5-12(18)14(21(8-15(23)24)17(26)10(2)22)6-13(9)20-4-3-11(7-20)16(19)25/h3-7H,8,18H2,1-2H3,(H2,19,25)(H,23,24). The monoisotopic (exact) mass is 358 g/mol. The van der Waals surface area contributed by atoms with Crippen molar-refractivity contribution in [3.05, 3.63) is 41.7 Å². The molecule has 0 unspecified atom stereocenters. The molecule has 0 radical (unpaired) electrons. The second-order valence-corrected chi connectivity index (χ2v) is 5.71. The second-order valence-electron chi connectivity index (χ2n) is 5.71. The first-order valence-electron chi connectivity index (χ1n) is 7.54. The molecule has 1 heterocycles. The fourth-order valence-electron chi connectivity index (χ4n) is 2.50. The minimum absolute atomic E-state index is 0.0857. The Labute approximate surface area is 148 Å². The molecule has 5 N–H and O–H groups in total. The van der Waals surface area contributed by atoms with Crippen LogP contribution in [-0.4, -0.2) is 39.8 Å². The first kappa shape index (κ1) is 18.7. The number of amides is 2. The maximum atomic E-state index is 12.1. The summed E-state index contributed by atoms with van der Waals surface area (Å²) in [5.74, 6) is -3.70. The van der Waals surface area contributed by atoms with Crippen LogP contribution in [-0.2, 0) is 14.4 Å². The zero-order valence-corrected chi connectivity index (χ0v) is 14.2. The molecule has 2 rings (SSSR count). The number of carboxylic acids is 1. The molecule has 26 heavy (non-hydrogen) atoms. The smallest absolute Gasteiger partial charge is 0.323 e. The molecule has 1 aromatic heterocycles. The zero-order chi connectivity index (χ0) is 19.6. The lowest BCUT2D eigenvalue weighted by Crippen LogP contribution is -2.39. The van der Waals surface area contributed by atoms with Crippen molar-refractivity contribution in [1.29, 1.82) is 0 Å². The number of Topliss-reactive ketones (excluding diaryl/α,β-unsaturated/α-hetero) is 1. The van der Waals surface area contributed by atoms with Gasteiger partial charge in [-0.1, -0.05) is 0 Å². The topological polar surface area (TPSA) is 149 Å². The van der Waals surface area contributed by atoms with Gasteiger partial charge in [-0.15, -0.1) is 0 Å². The van der Waals surface area contributed by atoms with Crippen LogP contribution in [0.15, 0.2) is 30.6 Å². The number of hydrogen-bond acceptors (Lipinski definition) is 5. The average Bonchev–Trinajstić information content (AvgIpc) is 3.02. The van der Waals surface area contributed by atoms with Gasteiger partial charge in [0.25, 0.3) is 5.91 Å². The Morgan fingerprint density at radius 3 is 2.38 bits per heavy atom. The molecule has 0 spiro atoms. The SMILES string of the molecule is CC(=O)C(=O)N(CC(=O)O)c1cc(-n2ccc(C(N)=O)c2)c(C)cc1N. The van der Waals surface area contributed by atoms with Crippen LogP contribution in [0.3, 0.4) is 0 Å². The van der Waals surface area contributed by atoms with Crippen molar-refractivity contribution in [3.8, 4) is 5.69 Å². The minimum Gasteiger partial charge on any atom is -0.480 e. The summed E-state index contributed by atoms with van der Waals surface area (Å²) in [6.07, 6.45) is 3.09. The fourth-order valence-corrected chi connectivity index (χ4v) is 2.50. The Morgan fingerprint density at radius 2 is 1.88 bits per heavy atom. The van der Waals surface area contributed by atoms with E-state index in [9.17, 15) is 19.2 Å². The molecule has 0 fully saturated rings. The predicted octanol–water partition coefficient (Wildman–Crippen LogP) is 0.473. The molecule has 9 nitrogen and oxygen atoms in total. The van der Waals surface area contributed by atoms with Crippen LogP contribution in [0.5, 0.6) is 0 Å². The van der Waals surface area contributed by atoms with Gasteiger partial charge in [0.1, 0.15) is 6.54 Å². The number of carboxylic acid groups (broad SMARTS) is 1. The Balaban J connectivity index is 2.60. The molecular formula is C17H18N4O5. The van der Waals surface area contributed by atoms with E-state index < -0.39 is 30.1 Å². The Morgan fingerprint density at radius 1 is 1.23 bits per heavy atom. The number of carbonyl (C=O) groups is 4. The molecule has 0 bridgehead atoms. The normalized spacial score (nSPS) is 10.4. The summed E-state index contributed by atoms with van der Waals surface area (Å²) in [4.78, 5) is 46.8. The van der Waals surface area contributed by atoms with Crippen LogP contribution < -0.4 is 16.4 Å². The van der Waals surface area contributed by atoms with Crippen LogP contribution in [0.2, 0.25) is 0 Å². The summed E-state index contributed by atoms with van der Waals surface area (Å²) < 4.78 is 1.59. The van der Waals surface area contributed by atoms with Crippen LogP contribution >= 0.6 is 0 Å². The highest BCUT2D eigenvalue weighted by atomic mass is 16.4. The Hall–Kier alpha value is -3.62. The van der Waals surface area contributed by atoms with Gasteiger partial charge in [-0.3, -0.25) is 24.1 Å². The summed E-state index contributed by atoms with van der Waals surface area (Å²) in [5, 5.41) is 9.07. The third-order valence-corrected chi connectivity index (χ3v) is 3.73. The van der Waals surface area contributed by atoms with Crippen LogP contribution in [0.4, 0.5) is 11.4 Å². The van der Waals surface area contributed by atoms with E-state index in [2.05, 4.69) is 0 Å². The highest BCUT2D eigenvalue weighted by Gasteiger charge is 2.25. The molecule has 0 aliphatic heterocycles. The average molecular weight is 358 g/mol. The number of nitrogen functional groups attached to an aromatic ring is 1. The maximum absolute atomic E-state index is 12.1. The molecule has 2 amide bonds. The van der Waals surface area contributed by atoms with Gasteiger partial charge in [-0.2, -0.15) is 0 Å². The number of hydrogen-bond donors (Lipinski definition) is 3. The largest absolute Gasteiger partial charge is 0.480 e. The van der Waals surface area contributed by atoms with Crippen molar-refractivity contribution in [2.24, 2.45) is 5.73 Å². The van der Waals surface area contributed by atoms with Gasteiger partial charge in [-0.05, 0) is 30.7 Å². The number of ketones is 1. The third-order valence-electron chi connectivity index (χ3n) is 3.73. The molecule has 0 saturated carbocycles. The van der Waals surface area contributed by atoms with E-state index in [0.717, 1.165) is 11.8 Å². The molecule has 0 aliphatic carbocycles. The molecule has 9 heteroatoms. The summed E-state index contributed by atoms with van der Waals surface area (Å²) in [7, 11) is 0. The molecule has 0 saturated heterocycles. The molecule has 1 aromatic carbocycles. The van der Waals surface area contributed by atoms with Gasteiger partial charge >= 0.3 is 5.97 Å². The summed E-state index contributed by atoms with van der Waals surface area (Å²) >= 11 is 0. The van der Waals surface area contributed by atoms with Crippen molar-refractivity contribution in [1.82, 2.24) is 4.57 Å². The van der Waals surface area contributed by atoms with E-state index in [1.807, 2.05) is 0 Å². The Bertz CT molecular complexity index is 916. The number of nitrogens with zero attached hydrogens (tertiary/aromatic N) is 2. The fraction of sp³-hybridized carbons (Fsp3) is 0.176. The summed E-state index contributed by atoms with van der Waals surface area (Å²) in [6.45, 7) is 2.09. The molecule has 0 aliphatic rings. The lowest BCUT2D eigenvalue weighted by molar-refractivity contribution is -0.138. The molecular weight excluding hydrogens is 340 g/mol. The van der Waals surface area contributed by atoms with E-state index in [-0.39, 0.29) is 16.9 Å². The van der Waals surface area contributed by atoms with Gasteiger partial charge in [0.2, 0.25) is 11.7 Å². The number of anilines is 2.